The van der Waals surface area contributed by atoms with Gasteiger partial charge in [0, 0.05) is 19.3 Å². The van der Waals surface area contributed by atoms with Crippen molar-refractivity contribution in [3.8, 4) is 0 Å². The Bertz CT molecular complexity index is 1470. The van der Waals surface area contributed by atoms with E-state index in [1.54, 1.807) is 0 Å². The SMILES string of the molecule is CC/C=C/C/C=C/C/C=C/C/C=C/C/C=C/CCCC(=O)OC[C@@H](COC(=O)CCCCCCCCC/C=C/C/C=C/CCCCC)OC(=O)CCCCCC/C=C/C/C=C/C/C=C/CCCCC. The lowest BCUT2D eigenvalue weighted by Gasteiger charge is -2.18. The molecule has 0 radical (unpaired) electrons. The highest BCUT2D eigenvalue weighted by Crippen LogP contribution is 2.13. The van der Waals surface area contributed by atoms with Gasteiger partial charge in [0.15, 0.2) is 6.10 Å². The first kappa shape index (κ1) is 64.8. The van der Waals surface area contributed by atoms with Gasteiger partial charge in [-0.05, 0) is 128 Å². The van der Waals surface area contributed by atoms with Crippen LogP contribution in [0.1, 0.15) is 239 Å². The molecular weight excluding hydrogens is 853 g/mol. The van der Waals surface area contributed by atoms with Crippen LogP contribution < -0.4 is 0 Å². The summed E-state index contributed by atoms with van der Waals surface area (Å²) in [5.41, 5.74) is 0. The second-order valence-corrected chi connectivity index (χ2v) is 18.1. The Morgan fingerprint density at radius 2 is 0.580 bits per heavy atom. The number of rotatable bonds is 49. The normalized spacial score (nSPS) is 13.0. The van der Waals surface area contributed by atoms with Gasteiger partial charge in [-0.25, -0.2) is 0 Å². The molecule has 6 heteroatoms. The molecule has 1 atom stereocenters. The fourth-order valence-corrected chi connectivity index (χ4v) is 7.22. The first-order valence-electron chi connectivity index (χ1n) is 28.0. The summed E-state index contributed by atoms with van der Waals surface area (Å²) in [7, 11) is 0. The highest BCUT2D eigenvalue weighted by molar-refractivity contribution is 5.71. The van der Waals surface area contributed by atoms with Crippen molar-refractivity contribution >= 4 is 17.9 Å². The van der Waals surface area contributed by atoms with E-state index >= 15 is 0 Å². The molecule has 0 saturated carbocycles. The van der Waals surface area contributed by atoms with Gasteiger partial charge < -0.3 is 14.2 Å². The quantitative estimate of drug-likeness (QED) is 0.0262. The van der Waals surface area contributed by atoms with E-state index < -0.39 is 6.10 Å². The van der Waals surface area contributed by atoms with Crippen molar-refractivity contribution in [2.45, 2.75) is 245 Å². The molecule has 0 aliphatic rings. The summed E-state index contributed by atoms with van der Waals surface area (Å²) in [5, 5.41) is 0. The van der Waals surface area contributed by atoms with E-state index in [1.807, 2.05) is 0 Å². The fourth-order valence-electron chi connectivity index (χ4n) is 7.22. The number of unbranched alkanes of at least 4 members (excludes halogenated alkanes) is 18. The maximum Gasteiger partial charge on any atom is 0.306 e. The van der Waals surface area contributed by atoms with Crippen LogP contribution in [0, 0.1) is 0 Å². The zero-order chi connectivity index (χ0) is 50.0. The molecule has 0 amide bonds. The molecule has 0 saturated heterocycles. The highest BCUT2D eigenvalue weighted by Gasteiger charge is 2.19. The van der Waals surface area contributed by atoms with Crippen LogP contribution in [0.15, 0.2) is 122 Å². The van der Waals surface area contributed by atoms with E-state index in [9.17, 15) is 14.4 Å². The van der Waals surface area contributed by atoms with Crippen molar-refractivity contribution in [2.24, 2.45) is 0 Å². The molecule has 69 heavy (non-hydrogen) atoms. The topological polar surface area (TPSA) is 78.9 Å². The minimum atomic E-state index is -0.820. The second-order valence-electron chi connectivity index (χ2n) is 18.1. The maximum absolute atomic E-state index is 12.8. The summed E-state index contributed by atoms with van der Waals surface area (Å²) in [6, 6.07) is 0. The van der Waals surface area contributed by atoms with Gasteiger partial charge in [0.1, 0.15) is 13.2 Å². The Kier molecular flexibility index (Phi) is 53.0. The lowest BCUT2D eigenvalue weighted by Crippen LogP contribution is -2.30. The highest BCUT2D eigenvalue weighted by atomic mass is 16.6. The van der Waals surface area contributed by atoms with Crippen LogP contribution >= 0.6 is 0 Å². The Hall–Kier alpha value is -4.19. The first-order chi connectivity index (χ1) is 34.0. The third kappa shape index (κ3) is 54.6. The number of hydrogen-bond donors (Lipinski definition) is 0. The summed E-state index contributed by atoms with van der Waals surface area (Å²) in [4.78, 5) is 38.1. The van der Waals surface area contributed by atoms with Gasteiger partial charge in [-0.1, -0.05) is 213 Å². The van der Waals surface area contributed by atoms with Crippen molar-refractivity contribution < 1.29 is 28.6 Å². The van der Waals surface area contributed by atoms with Crippen LogP contribution in [0.5, 0.6) is 0 Å². The predicted molar refractivity (Wildman–Crippen MR) is 297 cm³/mol. The standard InChI is InChI=1S/C63H102O6/c1-4-7-10-13-16-19-22-25-28-31-34-37-40-43-46-49-52-55-61(64)67-58-60(69-63(66)57-54-51-48-45-42-39-36-33-30-27-24-21-18-15-12-9-6-3)59-68-62(65)56-53-50-47-44-41-38-35-32-29-26-23-20-17-14-11-8-5-2/h7,10,16-21,25-30,34,36-37,39,43,46,60H,4-6,8-9,11-15,22-24,31-33,35,38,40-42,44-45,47-59H2,1-3H3/b10-7+,19-16+,20-17+,21-18+,28-25+,29-26+,30-27+,37-34+,39-36+,46-43+/t60-/m0/s1. The summed E-state index contributed by atoms with van der Waals surface area (Å²) >= 11 is 0. The number of allylic oxidation sites excluding steroid dienone is 20. The minimum Gasteiger partial charge on any atom is -0.462 e. The molecule has 6 nitrogen and oxygen atoms in total. The van der Waals surface area contributed by atoms with E-state index in [1.165, 1.54) is 77.0 Å². The van der Waals surface area contributed by atoms with Crippen LogP contribution in [-0.2, 0) is 28.6 Å². The van der Waals surface area contributed by atoms with Gasteiger partial charge in [0.05, 0.1) is 0 Å². The van der Waals surface area contributed by atoms with Crippen LogP contribution in [0.3, 0.4) is 0 Å². The van der Waals surface area contributed by atoms with E-state index in [0.717, 1.165) is 116 Å². The Balaban J connectivity index is 4.55. The molecule has 0 rings (SSSR count). The zero-order valence-electron chi connectivity index (χ0n) is 44.5. The number of ether oxygens (including phenoxy) is 3. The Morgan fingerprint density at radius 1 is 0.304 bits per heavy atom. The fraction of sp³-hybridized carbons (Fsp3) is 0.635. The Labute approximate surface area is 424 Å². The maximum atomic E-state index is 12.8. The molecule has 0 aromatic rings. The molecule has 0 aliphatic heterocycles. The first-order valence-corrected chi connectivity index (χ1v) is 28.0. The number of hydrogen-bond acceptors (Lipinski definition) is 6. The summed E-state index contributed by atoms with van der Waals surface area (Å²) in [6.07, 6.45) is 77.5. The molecular formula is C63H102O6. The van der Waals surface area contributed by atoms with Gasteiger partial charge >= 0.3 is 17.9 Å². The van der Waals surface area contributed by atoms with E-state index in [-0.39, 0.29) is 44.0 Å². The molecule has 0 N–H and O–H groups in total. The summed E-state index contributed by atoms with van der Waals surface area (Å²) in [6.45, 7) is 6.39. The lowest BCUT2D eigenvalue weighted by molar-refractivity contribution is -0.167. The van der Waals surface area contributed by atoms with Gasteiger partial charge in [-0.3, -0.25) is 14.4 Å². The smallest absolute Gasteiger partial charge is 0.306 e. The molecule has 0 heterocycles. The largest absolute Gasteiger partial charge is 0.462 e. The third-order valence-electron chi connectivity index (χ3n) is 11.4. The number of carbonyl (C=O) groups is 3. The third-order valence-corrected chi connectivity index (χ3v) is 11.4. The van der Waals surface area contributed by atoms with Crippen molar-refractivity contribution in [1.29, 1.82) is 0 Å². The van der Waals surface area contributed by atoms with Crippen LogP contribution in [-0.4, -0.2) is 37.2 Å². The van der Waals surface area contributed by atoms with Gasteiger partial charge in [-0.2, -0.15) is 0 Å². The lowest BCUT2D eigenvalue weighted by atomic mass is 10.1. The molecule has 0 aliphatic carbocycles. The average molecular weight is 956 g/mol. The van der Waals surface area contributed by atoms with E-state index in [0.29, 0.717) is 12.8 Å². The molecule has 0 spiro atoms. The average Bonchev–Trinajstić information content (AvgIpc) is 3.35. The number of carbonyl (C=O) groups excluding carboxylic acids is 3. The molecule has 0 unspecified atom stereocenters. The van der Waals surface area contributed by atoms with Crippen LogP contribution in [0.4, 0.5) is 0 Å². The molecule has 0 fully saturated rings. The Morgan fingerprint density at radius 3 is 0.942 bits per heavy atom. The monoisotopic (exact) mass is 955 g/mol. The second kappa shape index (κ2) is 56.4. The van der Waals surface area contributed by atoms with E-state index in [2.05, 4.69) is 142 Å². The van der Waals surface area contributed by atoms with Crippen LogP contribution in [0.2, 0.25) is 0 Å². The van der Waals surface area contributed by atoms with Crippen LogP contribution in [0.25, 0.3) is 0 Å². The minimum absolute atomic E-state index is 0.112. The molecule has 0 aromatic carbocycles. The van der Waals surface area contributed by atoms with Gasteiger partial charge in [0.25, 0.3) is 0 Å². The number of esters is 3. The van der Waals surface area contributed by atoms with Crippen molar-refractivity contribution in [3.05, 3.63) is 122 Å². The molecule has 0 aromatic heterocycles. The van der Waals surface area contributed by atoms with Crippen molar-refractivity contribution in [1.82, 2.24) is 0 Å². The summed E-state index contributed by atoms with van der Waals surface area (Å²) < 4.78 is 16.8. The van der Waals surface area contributed by atoms with Gasteiger partial charge in [-0.15, -0.1) is 0 Å². The molecule has 0 bridgehead atoms. The zero-order valence-corrected chi connectivity index (χ0v) is 44.5. The van der Waals surface area contributed by atoms with Crippen molar-refractivity contribution in [3.63, 3.8) is 0 Å². The summed E-state index contributed by atoms with van der Waals surface area (Å²) in [5.74, 6) is -1.01. The van der Waals surface area contributed by atoms with Crippen molar-refractivity contribution in [2.75, 3.05) is 13.2 Å². The molecule has 390 valence electrons. The predicted octanol–water partition coefficient (Wildman–Crippen LogP) is 18.9. The van der Waals surface area contributed by atoms with Gasteiger partial charge in [0.2, 0.25) is 0 Å². The van der Waals surface area contributed by atoms with E-state index in [4.69, 9.17) is 14.2 Å².